The van der Waals surface area contributed by atoms with Crippen molar-refractivity contribution >= 4 is 11.9 Å². The molecule has 0 atom stereocenters. The first-order chi connectivity index (χ1) is 11.4. The third-order valence-corrected chi connectivity index (χ3v) is 3.60. The first-order valence-corrected chi connectivity index (χ1v) is 7.58. The summed E-state index contributed by atoms with van der Waals surface area (Å²) in [5, 5.41) is 11.8. The van der Waals surface area contributed by atoms with Crippen LogP contribution in [0.3, 0.4) is 0 Å². The number of ether oxygens (including phenoxy) is 1. The maximum atomic E-state index is 12.1. The molecule has 0 unspecified atom stereocenters. The zero-order chi connectivity index (χ0) is 17.6. The van der Waals surface area contributed by atoms with E-state index >= 15 is 0 Å². The molecule has 6 nitrogen and oxygen atoms in total. The lowest BCUT2D eigenvalue weighted by molar-refractivity contribution is -0.147. The molecule has 0 radical (unpaired) electrons. The van der Waals surface area contributed by atoms with E-state index in [1.807, 2.05) is 0 Å². The third-order valence-electron chi connectivity index (χ3n) is 3.60. The van der Waals surface area contributed by atoms with E-state index in [2.05, 4.69) is 10.3 Å². The van der Waals surface area contributed by atoms with Crippen LogP contribution in [-0.2, 0) is 4.79 Å². The minimum atomic E-state index is -0.881. The van der Waals surface area contributed by atoms with Gasteiger partial charge in [0.15, 0.2) is 0 Å². The number of amides is 1. The van der Waals surface area contributed by atoms with Crippen LogP contribution < -0.4 is 10.1 Å². The number of nitrogens with one attached hydrogen (secondary N) is 1. The second kappa shape index (κ2) is 7.59. The summed E-state index contributed by atoms with van der Waals surface area (Å²) in [4.78, 5) is 27.0. The Balaban J connectivity index is 1.88. The average molecular weight is 328 g/mol. The molecule has 2 aromatic rings. The maximum absolute atomic E-state index is 12.1. The van der Waals surface area contributed by atoms with Crippen LogP contribution in [0, 0.1) is 5.41 Å². The van der Waals surface area contributed by atoms with Gasteiger partial charge in [0.2, 0.25) is 0 Å². The molecule has 0 aliphatic heterocycles. The Bertz CT molecular complexity index is 697. The number of aromatic nitrogens is 1. The Labute approximate surface area is 140 Å². The molecule has 0 fully saturated rings. The van der Waals surface area contributed by atoms with E-state index in [0.29, 0.717) is 30.0 Å². The quantitative estimate of drug-likeness (QED) is 0.815. The molecule has 1 aromatic carbocycles. The number of aliphatic carboxylic acids is 1. The van der Waals surface area contributed by atoms with Crippen LogP contribution in [0.15, 0.2) is 48.8 Å². The minimum absolute atomic E-state index is 0.246. The highest BCUT2D eigenvalue weighted by Gasteiger charge is 2.26. The Hall–Kier alpha value is -2.89. The predicted molar refractivity (Wildman–Crippen MR) is 89.1 cm³/mol. The number of carbonyl (C=O) groups excluding carboxylic acids is 1. The first-order valence-electron chi connectivity index (χ1n) is 7.58. The summed E-state index contributed by atoms with van der Waals surface area (Å²) in [6.45, 7) is 3.56. The molecule has 0 spiro atoms. The molecule has 0 aliphatic rings. The molecule has 0 saturated heterocycles. The number of hydrogen-bond donors (Lipinski definition) is 2. The Morgan fingerprint density at radius 2 is 1.88 bits per heavy atom. The molecule has 126 valence electrons. The monoisotopic (exact) mass is 328 g/mol. The van der Waals surface area contributed by atoms with Gasteiger partial charge in [0.25, 0.3) is 5.91 Å². The molecule has 0 aliphatic carbocycles. The number of hydrogen-bond acceptors (Lipinski definition) is 4. The van der Waals surface area contributed by atoms with Crippen LogP contribution in [0.25, 0.3) is 0 Å². The molecular weight excluding hydrogens is 308 g/mol. The van der Waals surface area contributed by atoms with E-state index in [4.69, 9.17) is 9.84 Å². The summed E-state index contributed by atoms with van der Waals surface area (Å²) in [6, 6.07) is 10.3. The molecule has 6 heteroatoms. The Morgan fingerprint density at radius 1 is 1.17 bits per heavy atom. The molecule has 0 saturated carbocycles. The van der Waals surface area contributed by atoms with Gasteiger partial charge in [0.05, 0.1) is 11.6 Å². The highest BCUT2D eigenvalue weighted by atomic mass is 16.5. The van der Waals surface area contributed by atoms with Crippen molar-refractivity contribution in [2.24, 2.45) is 5.41 Å². The second-order valence-electron chi connectivity index (χ2n) is 6.01. The number of carboxylic acid groups (broad SMARTS) is 1. The minimum Gasteiger partial charge on any atom is -0.481 e. The lowest BCUT2D eigenvalue weighted by Crippen LogP contribution is -2.31. The van der Waals surface area contributed by atoms with E-state index in [1.54, 1.807) is 62.6 Å². The van der Waals surface area contributed by atoms with Crippen LogP contribution in [0.4, 0.5) is 0 Å². The summed E-state index contributed by atoms with van der Waals surface area (Å²) < 4.78 is 5.61. The lowest BCUT2D eigenvalue weighted by atomic mass is 9.90. The number of pyridine rings is 1. The highest BCUT2D eigenvalue weighted by molar-refractivity contribution is 5.94. The van der Waals surface area contributed by atoms with Gasteiger partial charge in [-0.15, -0.1) is 0 Å². The Morgan fingerprint density at radius 3 is 2.46 bits per heavy atom. The highest BCUT2D eigenvalue weighted by Crippen LogP contribution is 2.21. The largest absolute Gasteiger partial charge is 0.481 e. The summed E-state index contributed by atoms with van der Waals surface area (Å²) in [5.41, 5.74) is -0.379. The van der Waals surface area contributed by atoms with Crippen molar-refractivity contribution in [3.8, 4) is 11.5 Å². The van der Waals surface area contributed by atoms with Gasteiger partial charge in [-0.1, -0.05) is 0 Å². The third kappa shape index (κ3) is 4.81. The summed E-state index contributed by atoms with van der Waals surface area (Å²) in [7, 11) is 0. The van der Waals surface area contributed by atoms with E-state index in [0.717, 1.165) is 0 Å². The molecule has 2 N–H and O–H groups in total. The fraction of sp³-hybridized carbons (Fsp3) is 0.278. The summed E-state index contributed by atoms with van der Waals surface area (Å²) >= 11 is 0. The maximum Gasteiger partial charge on any atom is 0.309 e. The van der Waals surface area contributed by atoms with Gasteiger partial charge in [0.1, 0.15) is 11.5 Å². The van der Waals surface area contributed by atoms with Crippen molar-refractivity contribution in [1.82, 2.24) is 10.3 Å². The molecule has 24 heavy (non-hydrogen) atoms. The van der Waals surface area contributed by atoms with Gasteiger partial charge < -0.3 is 15.2 Å². The van der Waals surface area contributed by atoms with Gasteiger partial charge in [-0.2, -0.15) is 0 Å². The van der Waals surface area contributed by atoms with Gasteiger partial charge in [-0.3, -0.25) is 14.6 Å². The molecular formula is C18H20N2O4. The van der Waals surface area contributed by atoms with Gasteiger partial charge >= 0.3 is 5.97 Å². The zero-order valence-corrected chi connectivity index (χ0v) is 13.7. The molecule has 1 heterocycles. The molecule has 1 aromatic heterocycles. The van der Waals surface area contributed by atoms with Crippen molar-refractivity contribution in [2.75, 3.05) is 6.54 Å². The number of benzene rings is 1. The van der Waals surface area contributed by atoms with Crippen molar-refractivity contribution in [2.45, 2.75) is 20.3 Å². The van der Waals surface area contributed by atoms with Gasteiger partial charge in [-0.25, -0.2) is 0 Å². The first kappa shape index (κ1) is 17.5. The summed E-state index contributed by atoms with van der Waals surface area (Å²) in [5.74, 6) is 0.0925. The second-order valence-corrected chi connectivity index (χ2v) is 6.01. The van der Waals surface area contributed by atoms with E-state index < -0.39 is 11.4 Å². The van der Waals surface area contributed by atoms with Crippen molar-refractivity contribution < 1.29 is 19.4 Å². The van der Waals surface area contributed by atoms with Crippen molar-refractivity contribution in [3.05, 3.63) is 54.4 Å². The molecule has 0 bridgehead atoms. The molecule has 1 amide bonds. The van der Waals surface area contributed by atoms with E-state index in [-0.39, 0.29) is 5.91 Å². The van der Waals surface area contributed by atoms with E-state index in [9.17, 15) is 9.59 Å². The van der Waals surface area contributed by atoms with Crippen molar-refractivity contribution in [3.63, 3.8) is 0 Å². The van der Waals surface area contributed by atoms with E-state index in [1.165, 1.54) is 0 Å². The fourth-order valence-corrected chi connectivity index (χ4v) is 1.92. The standard InChI is InChI=1S/C18H20N2O4/c1-18(2,17(22)23)9-11-20-16(21)13-5-7-14(8-6-13)24-15-4-3-10-19-12-15/h3-8,10,12H,9,11H2,1-2H3,(H,20,21)(H,22,23). The number of carbonyl (C=O) groups is 2. The van der Waals surface area contributed by atoms with Crippen LogP contribution in [-0.4, -0.2) is 28.5 Å². The normalized spacial score (nSPS) is 10.9. The number of rotatable bonds is 7. The van der Waals surface area contributed by atoms with Crippen LogP contribution in [0.1, 0.15) is 30.6 Å². The summed E-state index contributed by atoms with van der Waals surface area (Å²) in [6.07, 6.45) is 3.62. The van der Waals surface area contributed by atoms with Crippen molar-refractivity contribution in [1.29, 1.82) is 0 Å². The number of carboxylic acids is 1. The van der Waals surface area contributed by atoms with Gasteiger partial charge in [0, 0.05) is 18.3 Å². The fourth-order valence-electron chi connectivity index (χ4n) is 1.92. The van der Waals surface area contributed by atoms with Crippen LogP contribution >= 0.6 is 0 Å². The SMILES string of the molecule is CC(C)(CCNC(=O)c1ccc(Oc2cccnc2)cc1)C(=O)O. The van der Waals surface area contributed by atoms with Crippen LogP contribution in [0.5, 0.6) is 11.5 Å². The number of nitrogens with zero attached hydrogens (tertiary/aromatic N) is 1. The topological polar surface area (TPSA) is 88.5 Å². The Kier molecular flexibility index (Phi) is 5.52. The van der Waals surface area contributed by atoms with Gasteiger partial charge in [-0.05, 0) is 56.7 Å². The predicted octanol–water partition coefficient (Wildman–Crippen LogP) is 3.10. The molecule has 2 rings (SSSR count). The average Bonchev–Trinajstić information content (AvgIpc) is 2.56. The zero-order valence-electron chi connectivity index (χ0n) is 13.7. The smallest absolute Gasteiger partial charge is 0.309 e. The lowest BCUT2D eigenvalue weighted by Gasteiger charge is -2.18. The van der Waals surface area contributed by atoms with Crippen LogP contribution in [0.2, 0.25) is 0 Å².